The highest BCUT2D eigenvalue weighted by molar-refractivity contribution is 5.87. The number of hydrogen-bond donors (Lipinski definition) is 1. The van der Waals surface area contributed by atoms with Gasteiger partial charge in [0, 0.05) is 11.7 Å². The molecule has 2 heterocycles. The van der Waals surface area contributed by atoms with Crippen molar-refractivity contribution in [3.05, 3.63) is 51.9 Å². The molecule has 2 aromatic heterocycles. The average molecular weight is 257 g/mol. The first-order valence-corrected chi connectivity index (χ1v) is 4.76. The number of pyridine rings is 2. The van der Waals surface area contributed by atoms with Gasteiger partial charge in [0.05, 0.1) is 5.56 Å². The Morgan fingerprint density at radius 3 is 2.33 bits per heavy atom. The SMILES string of the molecule is O=C(O)c1ccc2ccc(C(F)(F)F)cn2c1=O. The average Bonchev–Trinajstić information content (AvgIpc) is 2.27. The van der Waals surface area contributed by atoms with E-state index in [1.54, 1.807) is 0 Å². The molecule has 0 unspecified atom stereocenters. The van der Waals surface area contributed by atoms with Crippen molar-refractivity contribution in [1.82, 2.24) is 4.40 Å². The number of aromatic nitrogens is 1. The van der Waals surface area contributed by atoms with Crippen molar-refractivity contribution >= 4 is 11.5 Å². The zero-order chi connectivity index (χ0) is 13.5. The molecule has 0 aliphatic heterocycles. The summed E-state index contributed by atoms with van der Waals surface area (Å²) in [5, 5.41) is 8.72. The van der Waals surface area contributed by atoms with Gasteiger partial charge in [-0.05, 0) is 24.3 Å². The normalized spacial score (nSPS) is 11.7. The maximum atomic E-state index is 12.5. The molecular weight excluding hydrogens is 251 g/mol. The molecule has 2 rings (SSSR count). The van der Waals surface area contributed by atoms with Crippen molar-refractivity contribution < 1.29 is 23.1 Å². The Bertz CT molecular complexity index is 688. The molecule has 4 nitrogen and oxygen atoms in total. The van der Waals surface area contributed by atoms with E-state index in [1.165, 1.54) is 6.07 Å². The number of fused-ring (bicyclic) bond motifs is 1. The molecule has 0 saturated heterocycles. The van der Waals surface area contributed by atoms with E-state index in [4.69, 9.17) is 5.11 Å². The third kappa shape index (κ3) is 1.94. The van der Waals surface area contributed by atoms with Gasteiger partial charge in [-0.2, -0.15) is 13.2 Å². The highest BCUT2D eigenvalue weighted by Gasteiger charge is 2.31. The van der Waals surface area contributed by atoms with Crippen LogP contribution in [0.4, 0.5) is 13.2 Å². The smallest absolute Gasteiger partial charge is 0.417 e. The van der Waals surface area contributed by atoms with E-state index in [1.807, 2.05) is 0 Å². The number of alkyl halides is 3. The first kappa shape index (κ1) is 12.2. The number of carbonyl (C=O) groups is 1. The van der Waals surface area contributed by atoms with Crippen LogP contribution in [-0.2, 0) is 6.18 Å². The molecule has 2 aromatic rings. The molecule has 0 aromatic carbocycles. The molecule has 0 amide bonds. The molecule has 18 heavy (non-hydrogen) atoms. The monoisotopic (exact) mass is 257 g/mol. The van der Waals surface area contributed by atoms with Gasteiger partial charge in [-0.1, -0.05) is 0 Å². The van der Waals surface area contributed by atoms with Crippen LogP contribution >= 0.6 is 0 Å². The van der Waals surface area contributed by atoms with Crippen LogP contribution in [0, 0.1) is 0 Å². The van der Waals surface area contributed by atoms with Crippen LogP contribution in [0.15, 0.2) is 35.3 Å². The van der Waals surface area contributed by atoms with Gasteiger partial charge in [-0.3, -0.25) is 9.20 Å². The van der Waals surface area contributed by atoms with Crippen LogP contribution in [0.25, 0.3) is 5.52 Å². The quantitative estimate of drug-likeness (QED) is 0.850. The van der Waals surface area contributed by atoms with Gasteiger partial charge in [0.1, 0.15) is 5.56 Å². The van der Waals surface area contributed by atoms with E-state index < -0.39 is 28.8 Å². The Hall–Kier alpha value is -2.31. The van der Waals surface area contributed by atoms with Crippen LogP contribution in [0.1, 0.15) is 15.9 Å². The minimum Gasteiger partial charge on any atom is -0.477 e. The van der Waals surface area contributed by atoms with E-state index in [0.717, 1.165) is 18.2 Å². The second-order valence-corrected chi connectivity index (χ2v) is 3.57. The molecule has 0 spiro atoms. The molecule has 0 aliphatic rings. The second-order valence-electron chi connectivity index (χ2n) is 3.57. The lowest BCUT2D eigenvalue weighted by Gasteiger charge is -2.08. The standard InChI is InChI=1S/C11H6F3NO3/c12-11(13,14)6-1-2-7-3-4-8(10(17)18)9(16)15(7)5-6/h1-5H,(H,17,18). The van der Waals surface area contributed by atoms with Crippen molar-refractivity contribution in [2.24, 2.45) is 0 Å². The molecule has 0 radical (unpaired) electrons. The summed E-state index contributed by atoms with van der Waals surface area (Å²) in [6, 6.07) is 4.27. The molecule has 0 fully saturated rings. The number of hydrogen-bond acceptors (Lipinski definition) is 2. The lowest BCUT2D eigenvalue weighted by atomic mass is 10.2. The van der Waals surface area contributed by atoms with Crippen molar-refractivity contribution in [2.45, 2.75) is 6.18 Å². The maximum absolute atomic E-state index is 12.5. The molecule has 1 N–H and O–H groups in total. The number of carboxylic acid groups (broad SMARTS) is 1. The van der Waals surface area contributed by atoms with E-state index >= 15 is 0 Å². The predicted octanol–water partition coefficient (Wildman–Crippen LogP) is 2.02. The topological polar surface area (TPSA) is 58.8 Å². The zero-order valence-corrected chi connectivity index (χ0v) is 8.73. The summed E-state index contributed by atoms with van der Waals surface area (Å²) in [6.07, 6.45) is -4.00. The maximum Gasteiger partial charge on any atom is 0.417 e. The lowest BCUT2D eigenvalue weighted by Crippen LogP contribution is -2.22. The van der Waals surface area contributed by atoms with Gasteiger partial charge in [0.2, 0.25) is 0 Å². The molecule has 0 atom stereocenters. The Morgan fingerprint density at radius 2 is 1.78 bits per heavy atom. The van der Waals surface area contributed by atoms with E-state index in [9.17, 15) is 22.8 Å². The molecule has 0 bridgehead atoms. The highest BCUT2D eigenvalue weighted by Crippen LogP contribution is 2.28. The van der Waals surface area contributed by atoms with E-state index in [0.29, 0.717) is 10.6 Å². The summed E-state index contributed by atoms with van der Waals surface area (Å²) in [4.78, 5) is 22.4. The van der Waals surface area contributed by atoms with Crippen molar-refractivity contribution in [2.75, 3.05) is 0 Å². The third-order valence-corrected chi connectivity index (χ3v) is 2.41. The van der Waals surface area contributed by atoms with Gasteiger partial charge in [0.15, 0.2) is 0 Å². The summed E-state index contributed by atoms with van der Waals surface area (Å²) >= 11 is 0. The summed E-state index contributed by atoms with van der Waals surface area (Å²) in [7, 11) is 0. The van der Waals surface area contributed by atoms with Crippen LogP contribution in [0.2, 0.25) is 0 Å². The van der Waals surface area contributed by atoms with Gasteiger partial charge in [-0.15, -0.1) is 0 Å². The Labute approximate surface area is 97.9 Å². The molecule has 7 heteroatoms. The third-order valence-electron chi connectivity index (χ3n) is 2.41. The van der Waals surface area contributed by atoms with Crippen LogP contribution in [0.5, 0.6) is 0 Å². The zero-order valence-electron chi connectivity index (χ0n) is 8.73. The molecule has 0 saturated carbocycles. The largest absolute Gasteiger partial charge is 0.477 e. The Balaban J connectivity index is 2.79. The van der Waals surface area contributed by atoms with Gasteiger partial charge >= 0.3 is 12.1 Å². The van der Waals surface area contributed by atoms with Crippen molar-refractivity contribution in [3.8, 4) is 0 Å². The van der Waals surface area contributed by atoms with Crippen molar-refractivity contribution in [1.29, 1.82) is 0 Å². The van der Waals surface area contributed by atoms with E-state index in [-0.39, 0.29) is 5.52 Å². The van der Waals surface area contributed by atoms with Crippen LogP contribution in [0.3, 0.4) is 0 Å². The number of rotatable bonds is 1. The number of carboxylic acids is 1. The van der Waals surface area contributed by atoms with Gasteiger partial charge < -0.3 is 5.11 Å². The molecule has 0 aliphatic carbocycles. The fraction of sp³-hybridized carbons (Fsp3) is 0.0909. The van der Waals surface area contributed by atoms with Crippen molar-refractivity contribution in [3.63, 3.8) is 0 Å². The first-order chi connectivity index (χ1) is 8.30. The molecular formula is C11H6F3NO3. The van der Waals surface area contributed by atoms with Crippen LogP contribution < -0.4 is 5.56 Å². The first-order valence-electron chi connectivity index (χ1n) is 4.76. The van der Waals surface area contributed by atoms with Gasteiger partial charge in [-0.25, -0.2) is 4.79 Å². The van der Waals surface area contributed by atoms with Gasteiger partial charge in [0.25, 0.3) is 5.56 Å². The Morgan fingerprint density at radius 1 is 1.17 bits per heavy atom. The summed E-state index contributed by atoms with van der Waals surface area (Å²) < 4.78 is 38.1. The number of aromatic carboxylic acids is 1. The lowest BCUT2D eigenvalue weighted by molar-refractivity contribution is -0.137. The summed E-state index contributed by atoms with van der Waals surface area (Å²) in [5.41, 5.74) is -2.39. The summed E-state index contributed by atoms with van der Waals surface area (Å²) in [6.45, 7) is 0. The van der Waals surface area contributed by atoms with Crippen LogP contribution in [-0.4, -0.2) is 15.5 Å². The minimum atomic E-state index is -4.59. The summed E-state index contributed by atoms with van der Waals surface area (Å²) in [5.74, 6) is -1.48. The number of halogens is 3. The van der Waals surface area contributed by atoms with E-state index in [2.05, 4.69) is 0 Å². The highest BCUT2D eigenvalue weighted by atomic mass is 19.4. The fourth-order valence-corrected chi connectivity index (χ4v) is 1.52. The predicted molar refractivity (Wildman–Crippen MR) is 55.6 cm³/mol. The fourth-order valence-electron chi connectivity index (χ4n) is 1.52. The minimum absolute atomic E-state index is 0.193. The molecule has 94 valence electrons. The Kier molecular flexibility index (Phi) is 2.61. The second kappa shape index (κ2) is 3.86. The number of nitrogens with zero attached hydrogens (tertiary/aromatic N) is 1.